The van der Waals surface area contributed by atoms with Crippen LogP contribution in [0.4, 0.5) is 0 Å². The smallest absolute Gasteiger partial charge is 0.0717 e. The van der Waals surface area contributed by atoms with Gasteiger partial charge in [-0.25, -0.2) is 0 Å². The second-order valence-electron chi connectivity index (χ2n) is 9.83. The molecule has 33 heavy (non-hydrogen) atoms. The summed E-state index contributed by atoms with van der Waals surface area (Å²) in [5, 5.41) is 0. The van der Waals surface area contributed by atoms with E-state index in [9.17, 15) is 0 Å². The molecule has 0 atom stereocenters. The monoisotopic (exact) mass is 444 g/mol. The zero-order valence-electron chi connectivity index (χ0n) is 20.8. The topological polar surface area (TPSA) is 9.23 Å². The first-order valence-electron chi connectivity index (χ1n) is 13.2. The van der Waals surface area contributed by atoms with Gasteiger partial charge in [-0.3, -0.25) is 0 Å². The molecule has 0 aliphatic heterocycles. The Labute approximate surface area is 203 Å². The minimum atomic E-state index is 0.688. The van der Waals surface area contributed by atoms with E-state index in [2.05, 4.69) is 74.2 Å². The van der Waals surface area contributed by atoms with Crippen molar-refractivity contribution in [3.63, 3.8) is 0 Å². The van der Waals surface area contributed by atoms with Gasteiger partial charge < -0.3 is 4.74 Å². The molecule has 0 heterocycles. The third-order valence-electron chi connectivity index (χ3n) is 7.27. The molecule has 0 radical (unpaired) electrons. The van der Waals surface area contributed by atoms with Crippen LogP contribution in [-0.2, 0) is 30.6 Å². The summed E-state index contributed by atoms with van der Waals surface area (Å²) in [5.74, 6) is 1.92. The van der Waals surface area contributed by atoms with Crippen molar-refractivity contribution in [2.24, 2.45) is 11.8 Å². The molecule has 1 fully saturated rings. The van der Waals surface area contributed by atoms with Gasteiger partial charge in [0.05, 0.1) is 13.2 Å². The number of benzene rings is 2. The summed E-state index contributed by atoms with van der Waals surface area (Å²) in [5.41, 5.74) is 5.59. The molecule has 2 aromatic rings. The molecule has 1 heteroatoms. The Hall–Kier alpha value is -2.12. The second-order valence-corrected chi connectivity index (χ2v) is 9.83. The van der Waals surface area contributed by atoms with Gasteiger partial charge in [0.25, 0.3) is 0 Å². The van der Waals surface area contributed by atoms with Crippen LogP contribution in [0.3, 0.4) is 0 Å². The molecule has 1 nitrogen and oxygen atoms in total. The lowest BCUT2D eigenvalue weighted by Gasteiger charge is -2.28. The molecule has 0 spiro atoms. The second kappa shape index (κ2) is 14.9. The van der Waals surface area contributed by atoms with Crippen LogP contribution in [-0.4, -0.2) is 6.61 Å². The van der Waals surface area contributed by atoms with E-state index in [1.54, 1.807) is 0 Å². The van der Waals surface area contributed by atoms with E-state index in [0.717, 1.165) is 37.7 Å². The Balaban J connectivity index is 1.33. The summed E-state index contributed by atoms with van der Waals surface area (Å²) in [6, 6.07) is 18.3. The summed E-state index contributed by atoms with van der Waals surface area (Å²) < 4.78 is 5.65. The lowest BCUT2D eigenvalue weighted by Crippen LogP contribution is -2.15. The molecule has 0 bridgehead atoms. The summed E-state index contributed by atoms with van der Waals surface area (Å²) in [4.78, 5) is 0. The van der Waals surface area contributed by atoms with Crippen molar-refractivity contribution >= 4 is 0 Å². The minimum Gasteiger partial charge on any atom is -0.376 e. The number of allylic oxidation sites excluding steroid dienone is 2. The summed E-state index contributed by atoms with van der Waals surface area (Å²) in [7, 11) is 0. The molecule has 0 saturated heterocycles. The Morgan fingerprint density at radius 1 is 0.727 bits per heavy atom. The summed E-state index contributed by atoms with van der Waals surface area (Å²) in [6.45, 7) is 7.29. The quantitative estimate of drug-likeness (QED) is 0.209. The van der Waals surface area contributed by atoms with Crippen molar-refractivity contribution in [3.05, 3.63) is 95.6 Å². The predicted molar refractivity (Wildman–Crippen MR) is 143 cm³/mol. The van der Waals surface area contributed by atoms with Crippen LogP contribution in [0.15, 0.2) is 73.3 Å². The van der Waals surface area contributed by atoms with E-state index in [1.807, 2.05) is 6.08 Å². The molecule has 1 aliphatic rings. The maximum Gasteiger partial charge on any atom is 0.0717 e. The maximum absolute atomic E-state index is 5.65. The highest BCUT2D eigenvalue weighted by Gasteiger charge is 2.20. The lowest BCUT2D eigenvalue weighted by molar-refractivity contribution is 0.125. The van der Waals surface area contributed by atoms with Crippen LogP contribution in [0.1, 0.15) is 80.5 Å². The van der Waals surface area contributed by atoms with Crippen LogP contribution >= 0.6 is 0 Å². The number of hydrogen-bond donors (Lipinski definition) is 0. The number of hydrogen-bond acceptors (Lipinski definition) is 1. The van der Waals surface area contributed by atoms with Gasteiger partial charge in [0.2, 0.25) is 0 Å². The standard InChI is InChI=1S/C32H44O/c1-3-5-7-8-27-9-11-28(12-10-27)13-14-29-15-17-30(18-16-29)19-20-31-21-23-32(24-22-31)26-33-25-6-4-2/h3-5,15-18,21-24,27-28H,2,6-14,19-20,25-26H2,1H3. The fourth-order valence-electron chi connectivity index (χ4n) is 5.00. The van der Waals surface area contributed by atoms with E-state index < -0.39 is 0 Å². The van der Waals surface area contributed by atoms with E-state index in [-0.39, 0.29) is 0 Å². The fraction of sp³-hybridized carbons (Fsp3) is 0.500. The Kier molecular flexibility index (Phi) is 11.5. The van der Waals surface area contributed by atoms with Crippen molar-refractivity contribution in [1.82, 2.24) is 0 Å². The normalized spacial score (nSPS) is 18.6. The zero-order valence-corrected chi connectivity index (χ0v) is 20.8. The molecule has 2 aromatic carbocycles. The highest BCUT2D eigenvalue weighted by molar-refractivity contribution is 5.26. The first-order valence-corrected chi connectivity index (χ1v) is 13.2. The van der Waals surface area contributed by atoms with Crippen LogP contribution in [0.2, 0.25) is 0 Å². The van der Waals surface area contributed by atoms with Gasteiger partial charge >= 0.3 is 0 Å². The Bertz CT molecular complexity index is 807. The third-order valence-corrected chi connectivity index (χ3v) is 7.27. The Morgan fingerprint density at radius 2 is 1.24 bits per heavy atom. The third kappa shape index (κ3) is 9.72. The SMILES string of the molecule is C=CCCOCc1ccc(CCc2ccc(CCC3CCC(CCC=CC)CC3)cc2)cc1. The summed E-state index contributed by atoms with van der Waals surface area (Å²) >= 11 is 0. The van der Waals surface area contributed by atoms with Crippen LogP contribution in [0.5, 0.6) is 0 Å². The highest BCUT2D eigenvalue weighted by atomic mass is 16.5. The molecule has 178 valence electrons. The summed E-state index contributed by atoms with van der Waals surface area (Å²) in [6.07, 6.45) is 20.6. The maximum atomic E-state index is 5.65. The van der Waals surface area contributed by atoms with E-state index in [0.29, 0.717) is 6.61 Å². The van der Waals surface area contributed by atoms with Gasteiger partial charge in [-0.2, -0.15) is 0 Å². The van der Waals surface area contributed by atoms with Gasteiger partial charge in [-0.1, -0.05) is 92.4 Å². The lowest BCUT2D eigenvalue weighted by atomic mass is 9.78. The van der Waals surface area contributed by atoms with E-state index >= 15 is 0 Å². The van der Waals surface area contributed by atoms with Gasteiger partial charge in [-0.15, -0.1) is 6.58 Å². The molecular weight excluding hydrogens is 400 g/mol. The molecule has 3 rings (SSSR count). The molecule has 0 amide bonds. The fourth-order valence-corrected chi connectivity index (χ4v) is 5.00. The number of rotatable bonds is 14. The molecule has 0 aromatic heterocycles. The largest absolute Gasteiger partial charge is 0.376 e. The van der Waals surface area contributed by atoms with Crippen molar-refractivity contribution in [2.45, 2.75) is 84.2 Å². The average molecular weight is 445 g/mol. The first kappa shape index (κ1) is 25.5. The highest BCUT2D eigenvalue weighted by Crippen LogP contribution is 2.34. The van der Waals surface area contributed by atoms with Crippen molar-refractivity contribution in [1.29, 1.82) is 0 Å². The van der Waals surface area contributed by atoms with Gasteiger partial charge in [-0.05, 0) is 86.0 Å². The number of ether oxygens (including phenoxy) is 1. The molecule has 0 N–H and O–H groups in total. The molecule has 1 aliphatic carbocycles. The van der Waals surface area contributed by atoms with Crippen LogP contribution < -0.4 is 0 Å². The van der Waals surface area contributed by atoms with Crippen LogP contribution in [0.25, 0.3) is 0 Å². The molecule has 1 saturated carbocycles. The zero-order chi connectivity index (χ0) is 23.1. The minimum absolute atomic E-state index is 0.688. The Morgan fingerprint density at radius 3 is 1.79 bits per heavy atom. The average Bonchev–Trinajstić information content (AvgIpc) is 2.86. The molecular formula is C32H44O. The van der Waals surface area contributed by atoms with Gasteiger partial charge in [0.1, 0.15) is 0 Å². The van der Waals surface area contributed by atoms with Gasteiger partial charge in [0, 0.05) is 0 Å². The number of aryl methyl sites for hydroxylation is 3. The van der Waals surface area contributed by atoms with Crippen LogP contribution in [0, 0.1) is 11.8 Å². The first-order chi connectivity index (χ1) is 16.3. The molecule has 0 unspecified atom stereocenters. The van der Waals surface area contributed by atoms with Crippen molar-refractivity contribution in [2.75, 3.05) is 6.61 Å². The van der Waals surface area contributed by atoms with Crippen molar-refractivity contribution < 1.29 is 4.74 Å². The van der Waals surface area contributed by atoms with Gasteiger partial charge in [0.15, 0.2) is 0 Å². The predicted octanol–water partition coefficient (Wildman–Crippen LogP) is 8.66. The van der Waals surface area contributed by atoms with Crippen molar-refractivity contribution in [3.8, 4) is 0 Å². The van der Waals surface area contributed by atoms with E-state index in [1.165, 1.54) is 73.6 Å². The van der Waals surface area contributed by atoms with E-state index in [4.69, 9.17) is 4.74 Å².